The molecule has 3 aromatic rings. The Balaban J connectivity index is 2.61. The molecule has 0 N–H and O–H groups in total. The quantitative estimate of drug-likeness (QED) is 0.591. The molecule has 0 amide bonds. The third-order valence-corrected chi connectivity index (χ3v) is 2.95. The Kier molecular flexibility index (Phi) is 2.04. The van der Waals surface area contributed by atoms with Gasteiger partial charge < -0.3 is 0 Å². The zero-order valence-electron chi connectivity index (χ0n) is 8.22. The summed E-state index contributed by atoms with van der Waals surface area (Å²) in [4.78, 5) is 16.6. The maximum absolute atomic E-state index is 12.1. The molecule has 0 saturated carbocycles. The van der Waals surface area contributed by atoms with Crippen LogP contribution in [-0.4, -0.2) is 9.38 Å². The van der Waals surface area contributed by atoms with Crippen LogP contribution in [0.1, 0.15) is 0 Å². The van der Waals surface area contributed by atoms with Gasteiger partial charge in [-0.05, 0) is 40.2 Å². The van der Waals surface area contributed by atoms with Crippen LogP contribution in [0.5, 0.6) is 0 Å². The molecular formula is C12H7BrN2O. The normalized spacial score (nSPS) is 11.1. The standard InChI is InChI=1S/C12H7BrN2O/c13-8-5-6-11-14-10-4-2-1-3-9(10)12(16)15(11)7-8/h1-7H. The zero-order valence-corrected chi connectivity index (χ0v) is 9.81. The molecule has 3 nitrogen and oxygen atoms in total. The van der Waals surface area contributed by atoms with Crippen molar-refractivity contribution >= 4 is 32.5 Å². The van der Waals surface area contributed by atoms with Crippen molar-refractivity contribution in [3.63, 3.8) is 0 Å². The summed E-state index contributed by atoms with van der Waals surface area (Å²) >= 11 is 3.34. The van der Waals surface area contributed by atoms with Crippen LogP contribution in [0.3, 0.4) is 0 Å². The van der Waals surface area contributed by atoms with Gasteiger partial charge in [0, 0.05) is 10.7 Å². The van der Waals surface area contributed by atoms with E-state index < -0.39 is 0 Å². The number of nitrogens with zero attached hydrogens (tertiary/aromatic N) is 2. The summed E-state index contributed by atoms with van der Waals surface area (Å²) in [6.45, 7) is 0. The van der Waals surface area contributed by atoms with Crippen LogP contribution in [0.4, 0.5) is 0 Å². The van der Waals surface area contributed by atoms with Crippen LogP contribution in [-0.2, 0) is 0 Å². The number of benzene rings is 1. The van der Waals surface area contributed by atoms with Gasteiger partial charge in [-0.3, -0.25) is 9.20 Å². The average Bonchev–Trinajstić information content (AvgIpc) is 2.31. The number of rotatable bonds is 0. The summed E-state index contributed by atoms with van der Waals surface area (Å²) in [7, 11) is 0. The highest BCUT2D eigenvalue weighted by Crippen LogP contribution is 2.12. The maximum Gasteiger partial charge on any atom is 0.265 e. The van der Waals surface area contributed by atoms with Crippen LogP contribution in [0.25, 0.3) is 16.6 Å². The summed E-state index contributed by atoms with van der Waals surface area (Å²) < 4.78 is 2.41. The molecule has 0 bridgehead atoms. The van der Waals surface area contributed by atoms with Gasteiger partial charge in [-0.1, -0.05) is 12.1 Å². The van der Waals surface area contributed by atoms with Gasteiger partial charge in [0.2, 0.25) is 0 Å². The van der Waals surface area contributed by atoms with Crippen LogP contribution >= 0.6 is 15.9 Å². The van der Waals surface area contributed by atoms with Crippen molar-refractivity contribution in [2.45, 2.75) is 0 Å². The molecule has 4 heteroatoms. The number of aromatic nitrogens is 2. The first kappa shape index (κ1) is 9.54. The lowest BCUT2D eigenvalue weighted by Gasteiger charge is -2.02. The first-order chi connectivity index (χ1) is 7.75. The molecule has 0 aliphatic heterocycles. The van der Waals surface area contributed by atoms with Gasteiger partial charge in [-0.2, -0.15) is 0 Å². The first-order valence-electron chi connectivity index (χ1n) is 4.82. The molecule has 2 heterocycles. The molecule has 0 saturated heterocycles. The van der Waals surface area contributed by atoms with E-state index in [9.17, 15) is 4.79 Å². The Labute approximate surface area is 99.5 Å². The van der Waals surface area contributed by atoms with Crippen molar-refractivity contribution in [3.8, 4) is 0 Å². The molecule has 0 radical (unpaired) electrons. The van der Waals surface area contributed by atoms with Crippen molar-refractivity contribution < 1.29 is 0 Å². The predicted octanol–water partition coefficient (Wildman–Crippen LogP) is 2.61. The maximum atomic E-state index is 12.1. The molecule has 0 unspecified atom stereocenters. The van der Waals surface area contributed by atoms with E-state index in [1.165, 1.54) is 0 Å². The number of hydrogen-bond acceptors (Lipinski definition) is 2. The van der Waals surface area contributed by atoms with Crippen molar-refractivity contribution in [1.82, 2.24) is 9.38 Å². The fourth-order valence-electron chi connectivity index (χ4n) is 1.73. The average molecular weight is 275 g/mol. The number of halogens is 1. The van der Waals surface area contributed by atoms with Gasteiger partial charge in [0.05, 0.1) is 10.9 Å². The molecule has 78 valence electrons. The van der Waals surface area contributed by atoms with E-state index in [0.29, 0.717) is 11.0 Å². The first-order valence-corrected chi connectivity index (χ1v) is 5.62. The molecule has 0 aliphatic rings. The highest BCUT2D eigenvalue weighted by atomic mass is 79.9. The zero-order chi connectivity index (χ0) is 11.1. The summed E-state index contributed by atoms with van der Waals surface area (Å²) in [5.41, 5.74) is 1.35. The lowest BCUT2D eigenvalue weighted by molar-refractivity contribution is 1.07. The van der Waals surface area contributed by atoms with Crippen molar-refractivity contribution in [2.75, 3.05) is 0 Å². The van der Waals surface area contributed by atoms with Gasteiger partial charge in [-0.15, -0.1) is 0 Å². The third kappa shape index (κ3) is 1.34. The molecule has 0 spiro atoms. The third-order valence-electron chi connectivity index (χ3n) is 2.48. The minimum atomic E-state index is -0.0399. The highest BCUT2D eigenvalue weighted by molar-refractivity contribution is 9.10. The van der Waals surface area contributed by atoms with Gasteiger partial charge in [-0.25, -0.2) is 4.98 Å². The molecule has 0 aliphatic carbocycles. The second-order valence-corrected chi connectivity index (χ2v) is 4.43. The summed E-state index contributed by atoms with van der Waals surface area (Å²) in [6, 6.07) is 11.0. The highest BCUT2D eigenvalue weighted by Gasteiger charge is 2.04. The summed E-state index contributed by atoms with van der Waals surface area (Å²) in [5, 5.41) is 0.637. The Hall–Kier alpha value is -1.68. The smallest absolute Gasteiger partial charge is 0.265 e. The Morgan fingerprint density at radius 1 is 1.12 bits per heavy atom. The Bertz CT molecular complexity index is 749. The van der Waals surface area contributed by atoms with E-state index in [4.69, 9.17) is 0 Å². The van der Waals surface area contributed by atoms with E-state index in [-0.39, 0.29) is 5.56 Å². The molecule has 3 rings (SSSR count). The lowest BCUT2D eigenvalue weighted by Crippen LogP contribution is -2.14. The van der Waals surface area contributed by atoms with E-state index in [0.717, 1.165) is 9.99 Å². The minimum Gasteiger partial charge on any atom is -0.268 e. The van der Waals surface area contributed by atoms with E-state index >= 15 is 0 Å². The Morgan fingerprint density at radius 2 is 1.94 bits per heavy atom. The number of fused-ring (bicyclic) bond motifs is 2. The molecule has 0 atom stereocenters. The van der Waals surface area contributed by atoms with E-state index in [1.807, 2.05) is 30.3 Å². The number of pyridine rings is 1. The summed E-state index contributed by atoms with van der Waals surface area (Å²) in [6.07, 6.45) is 1.73. The van der Waals surface area contributed by atoms with Gasteiger partial charge >= 0.3 is 0 Å². The molecule has 2 aromatic heterocycles. The monoisotopic (exact) mass is 274 g/mol. The van der Waals surface area contributed by atoms with Gasteiger partial charge in [0.15, 0.2) is 0 Å². The van der Waals surface area contributed by atoms with Gasteiger partial charge in [0.25, 0.3) is 5.56 Å². The van der Waals surface area contributed by atoms with Gasteiger partial charge in [0.1, 0.15) is 5.65 Å². The second kappa shape index (κ2) is 3.42. The molecule has 1 aromatic carbocycles. The van der Waals surface area contributed by atoms with Crippen LogP contribution < -0.4 is 5.56 Å². The molecule has 16 heavy (non-hydrogen) atoms. The fraction of sp³-hybridized carbons (Fsp3) is 0. The van der Waals surface area contributed by atoms with Crippen molar-refractivity contribution in [3.05, 3.63) is 57.4 Å². The number of hydrogen-bond donors (Lipinski definition) is 0. The van der Waals surface area contributed by atoms with Crippen LogP contribution in [0, 0.1) is 0 Å². The van der Waals surface area contributed by atoms with E-state index in [1.54, 1.807) is 16.7 Å². The Morgan fingerprint density at radius 3 is 2.81 bits per heavy atom. The SMILES string of the molecule is O=c1c2ccccc2nc2ccc(Br)cn12. The number of para-hydroxylation sites is 1. The van der Waals surface area contributed by atoms with Crippen molar-refractivity contribution in [1.29, 1.82) is 0 Å². The van der Waals surface area contributed by atoms with Crippen LogP contribution in [0.2, 0.25) is 0 Å². The summed E-state index contributed by atoms with van der Waals surface area (Å²) in [5.74, 6) is 0. The minimum absolute atomic E-state index is 0.0399. The molecular weight excluding hydrogens is 268 g/mol. The molecule has 0 fully saturated rings. The second-order valence-electron chi connectivity index (χ2n) is 3.51. The topological polar surface area (TPSA) is 34.4 Å². The predicted molar refractivity (Wildman–Crippen MR) is 66.7 cm³/mol. The largest absolute Gasteiger partial charge is 0.268 e. The van der Waals surface area contributed by atoms with Crippen LogP contribution in [0.15, 0.2) is 51.9 Å². The van der Waals surface area contributed by atoms with Crippen molar-refractivity contribution in [2.24, 2.45) is 0 Å². The lowest BCUT2D eigenvalue weighted by atomic mass is 10.2. The van der Waals surface area contributed by atoms with E-state index in [2.05, 4.69) is 20.9 Å². The fourth-order valence-corrected chi connectivity index (χ4v) is 2.06.